The van der Waals surface area contributed by atoms with Gasteiger partial charge in [0, 0.05) is 0 Å². The van der Waals surface area contributed by atoms with Gasteiger partial charge in [-0.15, -0.1) is 0 Å². The van der Waals surface area contributed by atoms with E-state index in [9.17, 15) is 9.59 Å². The molecule has 0 saturated heterocycles. The summed E-state index contributed by atoms with van der Waals surface area (Å²) in [5.41, 5.74) is 0.332. The second-order valence-corrected chi connectivity index (χ2v) is 6.90. The van der Waals surface area contributed by atoms with Crippen molar-refractivity contribution in [2.75, 3.05) is 14.2 Å². The number of Topliss-reactive ketones (excluding diaryl/α,β-unsaturated/α-hetero) is 2. The Morgan fingerprint density at radius 1 is 0.700 bits per heavy atom. The van der Waals surface area contributed by atoms with Crippen molar-refractivity contribution >= 4 is 75.3 Å². The van der Waals surface area contributed by atoms with Gasteiger partial charge in [0.2, 0.25) is 11.6 Å². The molecule has 1 aromatic carbocycles. The van der Waals surface area contributed by atoms with Crippen LogP contribution in [-0.2, 0) is 0 Å². The molecule has 0 saturated carbocycles. The Kier molecular flexibility index (Phi) is 4.78. The van der Waals surface area contributed by atoms with Crippen LogP contribution in [0.2, 0.25) is 0 Å². The first-order chi connectivity index (χ1) is 9.36. The summed E-state index contributed by atoms with van der Waals surface area (Å²) in [5.74, 6) is -0.143. The molecule has 8 heteroatoms. The summed E-state index contributed by atoms with van der Waals surface area (Å²) in [5, 5.41) is 0. The zero-order chi connectivity index (χ0) is 15.2. The SMILES string of the molecule is COc1c(Br)c(Br)c(OC)c2c1C(=O)C(Br)=C(Br)C2=O. The molecule has 0 unspecified atom stereocenters. The van der Waals surface area contributed by atoms with Crippen molar-refractivity contribution in [1.29, 1.82) is 0 Å². The first-order valence-corrected chi connectivity index (χ1v) is 8.31. The molecule has 0 spiro atoms. The maximum absolute atomic E-state index is 12.4. The molecule has 106 valence electrons. The molecule has 0 aromatic heterocycles. The maximum atomic E-state index is 12.4. The quantitative estimate of drug-likeness (QED) is 0.557. The first kappa shape index (κ1) is 16.2. The number of fused-ring (bicyclic) bond motifs is 1. The van der Waals surface area contributed by atoms with E-state index in [1.54, 1.807) is 0 Å². The van der Waals surface area contributed by atoms with Gasteiger partial charge in [0.25, 0.3) is 0 Å². The number of ether oxygens (including phenoxy) is 2. The predicted molar refractivity (Wildman–Crippen MR) is 88.5 cm³/mol. The van der Waals surface area contributed by atoms with E-state index in [4.69, 9.17) is 9.47 Å². The minimum Gasteiger partial charge on any atom is -0.495 e. The topological polar surface area (TPSA) is 52.6 Å². The highest BCUT2D eigenvalue weighted by Crippen LogP contribution is 2.49. The molecule has 0 atom stereocenters. The molecule has 1 aliphatic carbocycles. The van der Waals surface area contributed by atoms with Crippen LogP contribution in [0.15, 0.2) is 17.9 Å². The number of halogens is 4. The number of carbonyl (C=O) groups is 2. The molecule has 4 nitrogen and oxygen atoms in total. The molecule has 0 radical (unpaired) electrons. The molecule has 0 aliphatic heterocycles. The summed E-state index contributed by atoms with van der Waals surface area (Å²) < 4.78 is 11.9. The van der Waals surface area contributed by atoms with Gasteiger partial charge >= 0.3 is 0 Å². The molecular weight excluding hydrogens is 528 g/mol. The van der Waals surface area contributed by atoms with Crippen LogP contribution in [0.25, 0.3) is 0 Å². The summed E-state index contributed by atoms with van der Waals surface area (Å²) in [7, 11) is 2.86. The standard InChI is InChI=1S/C12H6Br4O4/c1-19-11-3-4(12(20-2)8(16)7(11)15)10(18)6(14)5(13)9(3)17/h1-2H3. The lowest BCUT2D eigenvalue weighted by Gasteiger charge is -2.22. The molecule has 0 bridgehead atoms. The van der Waals surface area contributed by atoms with Crippen LogP contribution in [0.1, 0.15) is 20.7 Å². The van der Waals surface area contributed by atoms with E-state index < -0.39 is 0 Å². The Morgan fingerprint density at radius 3 is 1.25 bits per heavy atom. The van der Waals surface area contributed by atoms with Crippen LogP contribution in [0.3, 0.4) is 0 Å². The number of hydrogen-bond acceptors (Lipinski definition) is 4. The fourth-order valence-electron chi connectivity index (χ4n) is 1.88. The van der Waals surface area contributed by atoms with Crippen molar-refractivity contribution < 1.29 is 19.1 Å². The highest BCUT2D eigenvalue weighted by Gasteiger charge is 2.38. The zero-order valence-corrected chi connectivity index (χ0v) is 16.5. The van der Waals surface area contributed by atoms with Crippen molar-refractivity contribution in [3.63, 3.8) is 0 Å². The number of benzene rings is 1. The number of methoxy groups -OCH3 is 2. The highest BCUT2D eigenvalue weighted by molar-refractivity contribution is 9.14. The van der Waals surface area contributed by atoms with E-state index in [0.29, 0.717) is 8.95 Å². The van der Waals surface area contributed by atoms with E-state index in [-0.39, 0.29) is 43.2 Å². The van der Waals surface area contributed by atoms with Crippen LogP contribution in [0, 0.1) is 0 Å². The number of allylic oxidation sites excluding steroid dienone is 2. The Labute approximate surface area is 148 Å². The van der Waals surface area contributed by atoms with Gasteiger partial charge < -0.3 is 9.47 Å². The predicted octanol–water partition coefficient (Wildman–Crippen LogP) is 4.61. The minimum absolute atomic E-state index is 0.157. The van der Waals surface area contributed by atoms with Crippen LogP contribution in [-0.4, -0.2) is 25.8 Å². The van der Waals surface area contributed by atoms with Crippen molar-refractivity contribution in [3.8, 4) is 11.5 Å². The minimum atomic E-state index is -0.352. The van der Waals surface area contributed by atoms with E-state index in [2.05, 4.69) is 63.7 Å². The smallest absolute Gasteiger partial charge is 0.205 e. The fraction of sp³-hybridized carbons (Fsp3) is 0.167. The molecule has 0 fully saturated rings. The van der Waals surface area contributed by atoms with Crippen LogP contribution in [0.4, 0.5) is 0 Å². The maximum Gasteiger partial charge on any atom is 0.205 e. The van der Waals surface area contributed by atoms with Crippen molar-refractivity contribution in [2.24, 2.45) is 0 Å². The van der Waals surface area contributed by atoms with Gasteiger partial charge in [-0.05, 0) is 63.7 Å². The van der Waals surface area contributed by atoms with E-state index in [0.717, 1.165) is 0 Å². The molecular formula is C12H6Br4O4. The summed E-state index contributed by atoms with van der Waals surface area (Å²) >= 11 is 12.9. The summed E-state index contributed by atoms with van der Waals surface area (Å²) in [4.78, 5) is 24.9. The van der Waals surface area contributed by atoms with E-state index in [1.165, 1.54) is 14.2 Å². The number of carbonyl (C=O) groups excluding carboxylic acids is 2. The van der Waals surface area contributed by atoms with Crippen molar-refractivity contribution in [3.05, 3.63) is 29.0 Å². The van der Waals surface area contributed by atoms with E-state index in [1.807, 2.05) is 0 Å². The molecule has 1 aliphatic rings. The molecule has 20 heavy (non-hydrogen) atoms. The molecule has 0 heterocycles. The zero-order valence-electron chi connectivity index (χ0n) is 10.1. The number of ketones is 2. The number of rotatable bonds is 2. The van der Waals surface area contributed by atoms with Gasteiger partial charge in [0.15, 0.2) is 0 Å². The van der Waals surface area contributed by atoms with E-state index >= 15 is 0 Å². The van der Waals surface area contributed by atoms with Crippen LogP contribution >= 0.6 is 63.7 Å². The van der Waals surface area contributed by atoms with Crippen LogP contribution in [0.5, 0.6) is 11.5 Å². The lowest BCUT2D eigenvalue weighted by molar-refractivity contribution is 0.0984. The monoisotopic (exact) mass is 530 g/mol. The second kappa shape index (κ2) is 5.90. The van der Waals surface area contributed by atoms with Gasteiger partial charge in [-0.1, -0.05) is 0 Å². The van der Waals surface area contributed by atoms with Gasteiger partial charge in [-0.2, -0.15) is 0 Å². The largest absolute Gasteiger partial charge is 0.495 e. The average Bonchev–Trinajstić information content (AvgIpc) is 2.44. The highest BCUT2D eigenvalue weighted by atomic mass is 79.9. The number of hydrogen-bond donors (Lipinski definition) is 0. The van der Waals surface area contributed by atoms with Crippen molar-refractivity contribution in [1.82, 2.24) is 0 Å². The lowest BCUT2D eigenvalue weighted by Crippen LogP contribution is -2.20. The molecule has 0 amide bonds. The summed E-state index contributed by atoms with van der Waals surface area (Å²) in [6, 6.07) is 0. The normalized spacial score (nSPS) is 14.5. The second-order valence-electron chi connectivity index (χ2n) is 3.73. The first-order valence-electron chi connectivity index (χ1n) is 5.14. The average molecular weight is 534 g/mol. The third kappa shape index (κ3) is 2.20. The Bertz CT molecular complexity index is 622. The van der Waals surface area contributed by atoms with Gasteiger partial charge in [-0.3, -0.25) is 9.59 Å². The molecule has 2 rings (SSSR count). The molecule has 1 aromatic rings. The summed E-state index contributed by atoms with van der Waals surface area (Å²) in [6.45, 7) is 0. The fourth-order valence-corrected chi connectivity index (χ4v) is 3.72. The Balaban J connectivity index is 2.98. The Morgan fingerprint density at radius 2 is 1.00 bits per heavy atom. The third-order valence-corrected chi connectivity index (χ3v) is 6.84. The lowest BCUT2D eigenvalue weighted by atomic mass is 9.93. The third-order valence-electron chi connectivity index (χ3n) is 2.75. The summed E-state index contributed by atoms with van der Waals surface area (Å²) in [6.07, 6.45) is 0. The van der Waals surface area contributed by atoms with Crippen molar-refractivity contribution in [2.45, 2.75) is 0 Å². The van der Waals surface area contributed by atoms with Crippen LogP contribution < -0.4 is 9.47 Å². The van der Waals surface area contributed by atoms with Gasteiger partial charge in [0.05, 0.1) is 43.3 Å². The van der Waals surface area contributed by atoms with Gasteiger partial charge in [0.1, 0.15) is 11.5 Å². The molecule has 0 N–H and O–H groups in total. The van der Waals surface area contributed by atoms with Gasteiger partial charge in [-0.25, -0.2) is 0 Å². The Hall–Kier alpha value is -0.180.